The first-order chi connectivity index (χ1) is 23.3. The molecule has 4 aromatic rings. The van der Waals surface area contributed by atoms with Crippen LogP contribution >= 0.6 is 0 Å². The molecule has 0 atom stereocenters. The van der Waals surface area contributed by atoms with Gasteiger partial charge in [-0.15, -0.1) is 0 Å². The predicted molar refractivity (Wildman–Crippen MR) is 173 cm³/mol. The van der Waals surface area contributed by atoms with Crippen LogP contribution in [0.4, 0.5) is 19.3 Å². The van der Waals surface area contributed by atoms with Crippen molar-refractivity contribution in [2.24, 2.45) is 0 Å². The molecule has 2 amide bonds. The van der Waals surface area contributed by atoms with E-state index in [0.29, 0.717) is 24.1 Å². The summed E-state index contributed by atoms with van der Waals surface area (Å²) in [6.07, 6.45) is 6.75. The topological polar surface area (TPSA) is 151 Å². The number of halogens is 2. The van der Waals surface area contributed by atoms with Crippen LogP contribution in [0.1, 0.15) is 79.7 Å². The van der Waals surface area contributed by atoms with Gasteiger partial charge in [-0.05, 0) is 58.6 Å². The highest BCUT2D eigenvalue weighted by Gasteiger charge is 2.30. The molecule has 0 saturated heterocycles. The van der Waals surface area contributed by atoms with Crippen molar-refractivity contribution in [1.29, 1.82) is 0 Å². The van der Waals surface area contributed by atoms with Gasteiger partial charge in [-0.1, -0.05) is 18.9 Å². The van der Waals surface area contributed by atoms with Crippen molar-refractivity contribution < 1.29 is 27.8 Å². The summed E-state index contributed by atoms with van der Waals surface area (Å²) in [5.41, 5.74) is -1.47. The molecular weight excluding hydrogens is 640 g/mol. The van der Waals surface area contributed by atoms with Gasteiger partial charge in [-0.3, -0.25) is 14.2 Å². The van der Waals surface area contributed by atoms with Crippen LogP contribution in [0.15, 0.2) is 52.6 Å². The first-order valence-electron chi connectivity index (χ1n) is 15.9. The van der Waals surface area contributed by atoms with Crippen LogP contribution in [0.5, 0.6) is 11.6 Å². The number of rotatable bonds is 6. The molecule has 4 heterocycles. The van der Waals surface area contributed by atoms with Crippen LogP contribution in [0.2, 0.25) is 0 Å². The lowest BCUT2D eigenvalue weighted by molar-refractivity contribution is 0.0219. The number of nitrogens with one attached hydrogen (secondary N) is 1. The number of ether oxygens (including phenoxy) is 2. The lowest BCUT2D eigenvalue weighted by Gasteiger charge is -2.30. The first-order valence-corrected chi connectivity index (χ1v) is 15.9. The van der Waals surface area contributed by atoms with Crippen molar-refractivity contribution in [3.63, 3.8) is 0 Å². The average molecular weight is 676 g/mol. The SMILES string of the molecule is Cc1ccc(-n2c(=O)c(C(=O)Nc3cc(F)c(Oc4ncnc5c4CCN(C(=O)OC(C)(C)C)C5)cc3F)cn(C3CCCC3)c2=O)nc1. The average Bonchev–Trinajstić information content (AvgIpc) is 3.58. The minimum Gasteiger partial charge on any atom is -0.444 e. The number of aromatic nitrogens is 5. The number of carbonyl (C=O) groups excluding carboxylic acids is 2. The van der Waals surface area contributed by atoms with Crippen molar-refractivity contribution in [3.8, 4) is 17.4 Å². The second-order valence-electron chi connectivity index (χ2n) is 13.1. The minimum atomic E-state index is -1.05. The zero-order valence-electron chi connectivity index (χ0n) is 27.5. The Morgan fingerprint density at radius 1 is 1.02 bits per heavy atom. The number of benzene rings is 1. The van der Waals surface area contributed by atoms with E-state index in [4.69, 9.17) is 9.47 Å². The van der Waals surface area contributed by atoms with Crippen molar-refractivity contribution >= 4 is 17.7 Å². The Morgan fingerprint density at radius 2 is 1.78 bits per heavy atom. The fraction of sp³-hybridized carbons (Fsp3) is 0.382. The molecule has 13 nitrogen and oxygen atoms in total. The highest BCUT2D eigenvalue weighted by atomic mass is 19.1. The maximum Gasteiger partial charge on any atom is 0.410 e. The molecule has 0 radical (unpaired) electrons. The summed E-state index contributed by atoms with van der Waals surface area (Å²) in [7, 11) is 0. The van der Waals surface area contributed by atoms with Crippen molar-refractivity contribution in [2.75, 3.05) is 11.9 Å². The number of nitrogens with zero attached hydrogens (tertiary/aromatic N) is 6. The summed E-state index contributed by atoms with van der Waals surface area (Å²) < 4.78 is 44.0. The van der Waals surface area contributed by atoms with Gasteiger partial charge in [-0.2, -0.15) is 0 Å². The molecule has 3 aromatic heterocycles. The molecule has 2 aliphatic rings. The summed E-state index contributed by atoms with van der Waals surface area (Å²) in [5, 5.41) is 2.27. The van der Waals surface area contributed by atoms with E-state index in [1.54, 1.807) is 33.8 Å². The van der Waals surface area contributed by atoms with Crippen LogP contribution in [0.25, 0.3) is 5.82 Å². The van der Waals surface area contributed by atoms with Crippen molar-refractivity contribution in [2.45, 2.75) is 78.0 Å². The number of hydrogen-bond acceptors (Lipinski definition) is 9. The third kappa shape index (κ3) is 7.05. The summed E-state index contributed by atoms with van der Waals surface area (Å²) >= 11 is 0. The quantitative estimate of drug-likeness (QED) is 0.290. The fourth-order valence-electron chi connectivity index (χ4n) is 5.86. The molecule has 1 saturated carbocycles. The number of pyridine rings is 1. The van der Waals surface area contributed by atoms with E-state index in [0.717, 1.165) is 35.1 Å². The highest BCUT2D eigenvalue weighted by Crippen LogP contribution is 2.33. The molecule has 1 aromatic carbocycles. The lowest BCUT2D eigenvalue weighted by Crippen LogP contribution is -2.43. The maximum atomic E-state index is 15.4. The van der Waals surface area contributed by atoms with Gasteiger partial charge in [0.05, 0.1) is 17.9 Å². The normalized spacial score (nSPS) is 14.8. The second kappa shape index (κ2) is 13.2. The van der Waals surface area contributed by atoms with E-state index in [-0.39, 0.29) is 37.3 Å². The molecule has 0 unspecified atom stereocenters. The molecule has 1 aliphatic carbocycles. The fourth-order valence-corrected chi connectivity index (χ4v) is 5.86. The van der Waals surface area contributed by atoms with Gasteiger partial charge in [0.1, 0.15) is 23.3 Å². The Hall–Kier alpha value is -5.47. The van der Waals surface area contributed by atoms with Gasteiger partial charge in [-0.25, -0.2) is 37.9 Å². The zero-order chi connectivity index (χ0) is 35.0. The number of carbonyl (C=O) groups is 2. The maximum absolute atomic E-state index is 15.4. The zero-order valence-corrected chi connectivity index (χ0v) is 27.5. The van der Waals surface area contributed by atoms with Crippen LogP contribution in [0.3, 0.4) is 0 Å². The number of hydrogen-bond donors (Lipinski definition) is 1. The molecular formula is C34H35F2N7O6. The van der Waals surface area contributed by atoms with Crippen LogP contribution < -0.4 is 21.3 Å². The van der Waals surface area contributed by atoms with Gasteiger partial charge in [0.15, 0.2) is 17.4 Å². The summed E-state index contributed by atoms with van der Waals surface area (Å²) in [5.74, 6) is -3.59. The monoisotopic (exact) mass is 675 g/mol. The van der Waals surface area contributed by atoms with E-state index >= 15 is 8.78 Å². The highest BCUT2D eigenvalue weighted by molar-refractivity contribution is 6.04. The predicted octanol–water partition coefficient (Wildman–Crippen LogP) is 5.22. The summed E-state index contributed by atoms with van der Waals surface area (Å²) in [6, 6.07) is 4.42. The molecule has 1 N–H and O–H groups in total. The van der Waals surface area contributed by atoms with Gasteiger partial charge < -0.3 is 19.7 Å². The third-order valence-electron chi connectivity index (χ3n) is 8.30. The molecule has 15 heteroatoms. The molecule has 0 bridgehead atoms. The standard InChI is InChI=1S/C34H35F2N7O6/c1-19-9-10-28(37-15-19)43-31(45)22(16-42(32(43)46)20-7-5-6-8-20)29(44)40-25-13-24(36)27(14-23(25)35)48-30-21-11-12-41(17-26(21)38-18-39-30)33(47)49-34(2,3)4/h9-10,13-16,18,20H,5-8,11-12,17H2,1-4H3,(H,40,44). The largest absolute Gasteiger partial charge is 0.444 e. The van der Waals surface area contributed by atoms with Gasteiger partial charge in [0.2, 0.25) is 5.88 Å². The number of aryl methyl sites for hydroxylation is 1. The molecule has 0 spiro atoms. The number of fused-ring (bicyclic) bond motifs is 1. The minimum absolute atomic E-state index is 0.0108. The molecule has 6 rings (SSSR count). The number of amides is 2. The Bertz CT molecular complexity index is 2050. The van der Waals surface area contributed by atoms with Crippen LogP contribution in [-0.4, -0.2) is 53.1 Å². The smallest absolute Gasteiger partial charge is 0.410 e. The van der Waals surface area contributed by atoms with Gasteiger partial charge in [0, 0.05) is 42.7 Å². The van der Waals surface area contributed by atoms with Gasteiger partial charge in [0.25, 0.3) is 11.5 Å². The molecule has 49 heavy (non-hydrogen) atoms. The van der Waals surface area contributed by atoms with E-state index in [9.17, 15) is 19.2 Å². The Kier molecular flexibility index (Phi) is 9.01. The molecule has 1 fully saturated rings. The molecule has 1 aliphatic heterocycles. The van der Waals surface area contributed by atoms with Gasteiger partial charge >= 0.3 is 11.8 Å². The third-order valence-corrected chi connectivity index (χ3v) is 8.30. The van der Waals surface area contributed by atoms with Crippen molar-refractivity contribution in [1.82, 2.24) is 29.0 Å². The Balaban J connectivity index is 1.26. The lowest BCUT2D eigenvalue weighted by atomic mass is 10.1. The van der Waals surface area contributed by atoms with Crippen LogP contribution in [-0.2, 0) is 17.7 Å². The van der Waals surface area contributed by atoms with E-state index < -0.39 is 57.5 Å². The Labute approximate surface area is 279 Å². The Morgan fingerprint density at radius 3 is 2.47 bits per heavy atom. The first kappa shape index (κ1) is 33.4. The summed E-state index contributed by atoms with van der Waals surface area (Å²) in [4.78, 5) is 67.0. The van der Waals surface area contributed by atoms with Crippen LogP contribution in [0, 0.1) is 18.6 Å². The van der Waals surface area contributed by atoms with Crippen molar-refractivity contribution in [3.05, 3.63) is 97.8 Å². The van der Waals surface area contributed by atoms with E-state index in [1.165, 1.54) is 34.3 Å². The molecule has 256 valence electrons. The second-order valence-corrected chi connectivity index (χ2v) is 13.1. The summed E-state index contributed by atoms with van der Waals surface area (Å²) in [6.45, 7) is 7.47. The number of anilines is 1. The van der Waals surface area contributed by atoms with E-state index in [2.05, 4.69) is 20.3 Å². The van der Waals surface area contributed by atoms with E-state index in [1.807, 2.05) is 0 Å².